The summed E-state index contributed by atoms with van der Waals surface area (Å²) in [5.74, 6) is 0.0355. The van der Waals surface area contributed by atoms with Crippen molar-refractivity contribution in [3.63, 3.8) is 0 Å². The molecule has 0 amide bonds. The van der Waals surface area contributed by atoms with E-state index in [1.807, 2.05) is 0 Å². The highest BCUT2D eigenvalue weighted by Gasteiger charge is 2.11. The van der Waals surface area contributed by atoms with Crippen LogP contribution >= 0.6 is 0 Å². The van der Waals surface area contributed by atoms with Crippen LogP contribution in [0.5, 0.6) is 5.75 Å². The van der Waals surface area contributed by atoms with E-state index in [2.05, 4.69) is 4.99 Å². The zero-order valence-electron chi connectivity index (χ0n) is 10.3. The van der Waals surface area contributed by atoms with Gasteiger partial charge >= 0.3 is 5.97 Å². The highest BCUT2D eigenvalue weighted by molar-refractivity contribution is 5.81. The Morgan fingerprint density at radius 2 is 2.11 bits per heavy atom. The Morgan fingerprint density at radius 1 is 1.37 bits per heavy atom. The number of furan rings is 1. The molecule has 19 heavy (non-hydrogen) atoms. The molecule has 1 aromatic heterocycles. The molecule has 5 heteroatoms. The lowest BCUT2D eigenvalue weighted by Gasteiger charge is -2.09. The summed E-state index contributed by atoms with van der Waals surface area (Å²) in [7, 11) is 0. The number of aliphatic carboxylic acids is 1. The van der Waals surface area contributed by atoms with E-state index < -0.39 is 12.1 Å². The summed E-state index contributed by atoms with van der Waals surface area (Å²) in [5.41, 5.74) is 0.867. The van der Waals surface area contributed by atoms with Gasteiger partial charge in [-0.3, -0.25) is 0 Å². The lowest BCUT2D eigenvalue weighted by atomic mass is 10.2. The lowest BCUT2D eigenvalue weighted by molar-refractivity contribution is -0.144. The summed E-state index contributed by atoms with van der Waals surface area (Å²) in [4.78, 5) is 14.8. The number of benzene rings is 1. The Hall–Kier alpha value is -2.56. The van der Waals surface area contributed by atoms with Crippen LogP contribution in [0.15, 0.2) is 52.1 Å². The van der Waals surface area contributed by atoms with Crippen LogP contribution in [0.4, 0.5) is 5.88 Å². The second-order valence-electron chi connectivity index (χ2n) is 3.88. The van der Waals surface area contributed by atoms with Crippen molar-refractivity contribution in [2.45, 2.75) is 13.0 Å². The smallest absolute Gasteiger partial charge is 0.344 e. The molecule has 0 aliphatic heterocycles. The van der Waals surface area contributed by atoms with Gasteiger partial charge in [0.05, 0.1) is 6.26 Å². The maximum atomic E-state index is 10.6. The molecule has 1 aromatic carbocycles. The molecule has 0 aliphatic rings. The van der Waals surface area contributed by atoms with Crippen molar-refractivity contribution in [1.29, 1.82) is 0 Å². The monoisotopic (exact) mass is 259 g/mol. The Balaban J connectivity index is 2.00. The first kappa shape index (κ1) is 12.9. The first-order valence-electron chi connectivity index (χ1n) is 5.72. The third-order valence-corrected chi connectivity index (χ3v) is 2.39. The Kier molecular flexibility index (Phi) is 3.97. The van der Waals surface area contributed by atoms with Crippen LogP contribution in [0.3, 0.4) is 0 Å². The maximum absolute atomic E-state index is 10.6. The van der Waals surface area contributed by atoms with Gasteiger partial charge in [-0.25, -0.2) is 9.79 Å². The molecule has 1 N–H and O–H groups in total. The molecule has 0 aliphatic carbocycles. The molecule has 1 atom stereocenters. The summed E-state index contributed by atoms with van der Waals surface area (Å²) in [6, 6.07) is 10.5. The minimum absolute atomic E-state index is 0.505. The van der Waals surface area contributed by atoms with Crippen LogP contribution in [-0.4, -0.2) is 23.4 Å². The SMILES string of the molecule is C[C@@H](Oc1ccc(C=Nc2ccco2)cc1)C(=O)O. The predicted octanol–water partition coefficient (Wildman–Crippen LogP) is 2.88. The minimum atomic E-state index is -0.997. The van der Waals surface area contributed by atoms with Gasteiger partial charge in [0.1, 0.15) is 5.75 Å². The van der Waals surface area contributed by atoms with Crippen LogP contribution in [0.2, 0.25) is 0 Å². The number of aliphatic imine (C=N–C) groups is 1. The number of hydrogen-bond donors (Lipinski definition) is 1. The predicted molar refractivity (Wildman–Crippen MR) is 70.1 cm³/mol. The summed E-state index contributed by atoms with van der Waals surface area (Å²) in [5, 5.41) is 8.73. The fourth-order valence-electron chi connectivity index (χ4n) is 1.37. The number of carboxylic acids is 1. The fraction of sp³-hybridized carbons (Fsp3) is 0.143. The van der Waals surface area contributed by atoms with Crippen molar-refractivity contribution in [2.75, 3.05) is 0 Å². The highest BCUT2D eigenvalue weighted by Crippen LogP contribution is 2.15. The van der Waals surface area contributed by atoms with Crippen LogP contribution in [0, 0.1) is 0 Å². The van der Waals surface area contributed by atoms with E-state index in [9.17, 15) is 4.79 Å². The molecule has 0 fully saturated rings. The largest absolute Gasteiger partial charge is 0.479 e. The van der Waals surface area contributed by atoms with Crippen molar-refractivity contribution < 1.29 is 19.1 Å². The van der Waals surface area contributed by atoms with Crippen molar-refractivity contribution in [2.24, 2.45) is 4.99 Å². The van der Waals surface area contributed by atoms with Gasteiger partial charge in [-0.05, 0) is 42.8 Å². The molecule has 5 nitrogen and oxygen atoms in total. The number of nitrogens with zero attached hydrogens (tertiary/aromatic N) is 1. The van der Waals surface area contributed by atoms with E-state index >= 15 is 0 Å². The first-order chi connectivity index (χ1) is 9.15. The van der Waals surface area contributed by atoms with E-state index in [0.29, 0.717) is 11.6 Å². The van der Waals surface area contributed by atoms with E-state index in [1.54, 1.807) is 48.9 Å². The van der Waals surface area contributed by atoms with Crippen LogP contribution < -0.4 is 4.74 Å². The van der Waals surface area contributed by atoms with Gasteiger partial charge in [0.25, 0.3) is 0 Å². The van der Waals surface area contributed by atoms with Crippen LogP contribution in [0.25, 0.3) is 0 Å². The topological polar surface area (TPSA) is 72.0 Å². The zero-order valence-corrected chi connectivity index (χ0v) is 10.3. The average Bonchev–Trinajstić information content (AvgIpc) is 2.91. The lowest BCUT2D eigenvalue weighted by Crippen LogP contribution is -2.22. The maximum Gasteiger partial charge on any atom is 0.344 e. The second-order valence-corrected chi connectivity index (χ2v) is 3.88. The average molecular weight is 259 g/mol. The van der Waals surface area contributed by atoms with Gasteiger partial charge in [-0.2, -0.15) is 0 Å². The van der Waals surface area contributed by atoms with Crippen molar-refractivity contribution in [3.8, 4) is 5.75 Å². The third kappa shape index (κ3) is 3.70. The Bertz CT molecular complexity index is 558. The highest BCUT2D eigenvalue weighted by atomic mass is 16.5. The van der Waals surface area contributed by atoms with Crippen molar-refractivity contribution in [3.05, 3.63) is 48.2 Å². The molecule has 0 saturated heterocycles. The Labute approximate surface area is 110 Å². The molecule has 2 rings (SSSR count). The molecule has 98 valence electrons. The number of hydrogen-bond acceptors (Lipinski definition) is 4. The van der Waals surface area contributed by atoms with E-state index in [1.165, 1.54) is 6.92 Å². The van der Waals surface area contributed by atoms with E-state index in [4.69, 9.17) is 14.3 Å². The first-order valence-corrected chi connectivity index (χ1v) is 5.72. The van der Waals surface area contributed by atoms with Crippen LogP contribution in [0.1, 0.15) is 12.5 Å². The quantitative estimate of drug-likeness (QED) is 0.838. The molecule has 0 radical (unpaired) electrons. The zero-order chi connectivity index (χ0) is 13.7. The summed E-state index contributed by atoms with van der Waals surface area (Å²) >= 11 is 0. The minimum Gasteiger partial charge on any atom is -0.479 e. The Morgan fingerprint density at radius 3 is 2.68 bits per heavy atom. The van der Waals surface area contributed by atoms with Gasteiger partial charge in [0.15, 0.2) is 6.10 Å². The van der Waals surface area contributed by atoms with Crippen molar-refractivity contribution in [1.82, 2.24) is 0 Å². The van der Waals surface area contributed by atoms with Gasteiger partial charge in [-0.1, -0.05) is 0 Å². The standard InChI is InChI=1S/C14H13NO4/c1-10(14(16)17)19-12-6-4-11(5-7-12)9-15-13-3-2-8-18-13/h2-10H,1H3,(H,16,17)/t10-/m1/s1. The molecule has 2 aromatic rings. The van der Waals surface area contributed by atoms with Gasteiger partial charge in [0, 0.05) is 12.3 Å². The normalized spacial score (nSPS) is 12.5. The summed E-state index contributed by atoms with van der Waals surface area (Å²) < 4.78 is 10.3. The van der Waals surface area contributed by atoms with Gasteiger partial charge in [-0.15, -0.1) is 0 Å². The number of ether oxygens (including phenoxy) is 1. The number of carbonyl (C=O) groups is 1. The molecule has 1 heterocycles. The van der Waals surface area contributed by atoms with Gasteiger partial charge in [0.2, 0.25) is 5.88 Å². The fourth-order valence-corrected chi connectivity index (χ4v) is 1.37. The van der Waals surface area contributed by atoms with Crippen LogP contribution in [-0.2, 0) is 4.79 Å². The van der Waals surface area contributed by atoms with Gasteiger partial charge < -0.3 is 14.3 Å². The molecule has 0 spiro atoms. The summed E-state index contributed by atoms with van der Waals surface area (Å²) in [6.45, 7) is 1.48. The molecule has 0 saturated carbocycles. The number of rotatable bonds is 5. The molecular weight excluding hydrogens is 246 g/mol. The summed E-state index contributed by atoms with van der Waals surface area (Å²) in [6.07, 6.45) is 2.34. The second kappa shape index (κ2) is 5.86. The molecule has 0 unspecified atom stereocenters. The van der Waals surface area contributed by atoms with E-state index in [-0.39, 0.29) is 0 Å². The number of carboxylic acid groups (broad SMARTS) is 1. The van der Waals surface area contributed by atoms with E-state index in [0.717, 1.165) is 5.56 Å². The molecule has 0 bridgehead atoms. The van der Waals surface area contributed by atoms with Crippen molar-refractivity contribution >= 4 is 18.1 Å². The third-order valence-electron chi connectivity index (χ3n) is 2.39. The molecular formula is C14H13NO4.